The smallest absolute Gasteiger partial charge is 0.258 e. The highest BCUT2D eigenvalue weighted by Gasteiger charge is 2.25. The summed E-state index contributed by atoms with van der Waals surface area (Å²) in [5.74, 6) is 1.71. The van der Waals surface area contributed by atoms with E-state index in [1.165, 1.54) is 0 Å². The number of nitrogens with zero attached hydrogens (tertiary/aromatic N) is 5. The first-order valence-corrected chi connectivity index (χ1v) is 8.80. The summed E-state index contributed by atoms with van der Waals surface area (Å²) in [7, 11) is 0. The molecule has 1 unspecified atom stereocenters. The second-order valence-corrected chi connectivity index (χ2v) is 6.54. The molecule has 0 spiro atoms. The Hall–Kier alpha value is -3.03. The minimum absolute atomic E-state index is 0.0444. The summed E-state index contributed by atoms with van der Waals surface area (Å²) >= 11 is 0. The van der Waals surface area contributed by atoms with Crippen LogP contribution in [0.4, 0.5) is 0 Å². The van der Waals surface area contributed by atoms with Gasteiger partial charge in [0.15, 0.2) is 5.82 Å². The number of aromatic amines is 1. The van der Waals surface area contributed by atoms with Crippen molar-refractivity contribution in [3.8, 4) is 11.5 Å². The number of likely N-dealkylation sites (tertiary alicyclic amines) is 1. The van der Waals surface area contributed by atoms with Gasteiger partial charge in [0.2, 0.25) is 0 Å². The molecule has 0 saturated carbocycles. The van der Waals surface area contributed by atoms with Gasteiger partial charge in [-0.25, -0.2) is 0 Å². The van der Waals surface area contributed by atoms with Gasteiger partial charge in [0.25, 0.3) is 11.8 Å². The largest absolute Gasteiger partial charge is 0.338 e. The number of H-pyrrole nitrogens is 1. The fourth-order valence-electron chi connectivity index (χ4n) is 3.34. The molecule has 3 aromatic rings. The number of nitrogens with one attached hydrogen (secondary N) is 1. The van der Waals surface area contributed by atoms with Gasteiger partial charge in [0.05, 0.1) is 11.8 Å². The van der Waals surface area contributed by atoms with Gasteiger partial charge in [-0.1, -0.05) is 5.16 Å². The van der Waals surface area contributed by atoms with E-state index in [-0.39, 0.29) is 5.91 Å². The Balaban J connectivity index is 1.33. The molecule has 0 bridgehead atoms. The normalized spacial score (nSPS) is 17.4. The molecule has 1 aliphatic heterocycles. The van der Waals surface area contributed by atoms with Crippen LogP contribution in [0.5, 0.6) is 0 Å². The minimum Gasteiger partial charge on any atom is -0.338 e. The number of rotatable bonds is 5. The molecule has 1 aliphatic rings. The van der Waals surface area contributed by atoms with Gasteiger partial charge in [-0.3, -0.25) is 14.9 Å². The third kappa shape index (κ3) is 3.63. The van der Waals surface area contributed by atoms with Crippen molar-refractivity contribution < 1.29 is 9.32 Å². The Kier molecular flexibility index (Phi) is 4.72. The molecule has 8 nitrogen and oxygen atoms in total. The third-order valence-corrected chi connectivity index (χ3v) is 4.72. The molecule has 0 radical (unpaired) electrons. The predicted molar refractivity (Wildman–Crippen MR) is 93.1 cm³/mol. The molecule has 1 saturated heterocycles. The van der Waals surface area contributed by atoms with E-state index in [9.17, 15) is 4.79 Å². The Bertz CT molecular complexity index is 846. The average molecular weight is 352 g/mol. The summed E-state index contributed by atoms with van der Waals surface area (Å²) in [6, 6.07) is 3.69. The van der Waals surface area contributed by atoms with Gasteiger partial charge in [0, 0.05) is 43.7 Å². The van der Waals surface area contributed by atoms with Gasteiger partial charge in [-0.2, -0.15) is 10.1 Å². The Morgan fingerprint density at radius 2 is 2.23 bits per heavy atom. The van der Waals surface area contributed by atoms with Crippen LogP contribution >= 0.6 is 0 Å². The maximum absolute atomic E-state index is 12.5. The monoisotopic (exact) mass is 352 g/mol. The van der Waals surface area contributed by atoms with Crippen molar-refractivity contribution in [3.05, 3.63) is 48.3 Å². The standard InChI is InChI=1S/C18H20N6O2/c25-18(15-10-20-21-11-15)24-9-1-2-13(12-24)3-4-16-22-17(26-23-16)14-5-7-19-8-6-14/h5-8,10-11,13H,1-4,9,12H2,(H,20,21). The second kappa shape index (κ2) is 7.47. The minimum atomic E-state index is 0.0444. The summed E-state index contributed by atoms with van der Waals surface area (Å²) in [6.07, 6.45) is 10.4. The predicted octanol–water partition coefficient (Wildman–Crippen LogP) is 2.34. The molecule has 0 aromatic carbocycles. The SMILES string of the molecule is O=C(c1cn[nH]c1)N1CCCC(CCc2noc(-c3ccncc3)n2)C1. The molecule has 3 aromatic heterocycles. The highest BCUT2D eigenvalue weighted by molar-refractivity contribution is 5.93. The molecule has 134 valence electrons. The van der Waals surface area contributed by atoms with E-state index >= 15 is 0 Å². The lowest BCUT2D eigenvalue weighted by molar-refractivity contribution is 0.0668. The molecule has 8 heteroatoms. The van der Waals surface area contributed by atoms with E-state index in [0.717, 1.165) is 44.3 Å². The first-order valence-electron chi connectivity index (χ1n) is 8.80. The number of carbonyl (C=O) groups excluding carboxylic acids is 1. The number of pyridine rings is 1. The molecule has 1 amide bonds. The quantitative estimate of drug-likeness (QED) is 0.756. The Morgan fingerprint density at radius 3 is 3.04 bits per heavy atom. The van der Waals surface area contributed by atoms with Crippen LogP contribution in [0, 0.1) is 5.92 Å². The zero-order valence-electron chi connectivity index (χ0n) is 14.3. The number of amides is 1. The lowest BCUT2D eigenvalue weighted by Gasteiger charge is -2.32. The number of piperidine rings is 1. The maximum atomic E-state index is 12.5. The second-order valence-electron chi connectivity index (χ2n) is 6.54. The van der Waals surface area contributed by atoms with Crippen molar-refractivity contribution in [1.82, 2.24) is 30.2 Å². The van der Waals surface area contributed by atoms with Crippen molar-refractivity contribution in [2.24, 2.45) is 5.92 Å². The summed E-state index contributed by atoms with van der Waals surface area (Å²) in [5, 5.41) is 10.6. The molecule has 1 fully saturated rings. The van der Waals surface area contributed by atoms with E-state index in [1.807, 2.05) is 17.0 Å². The fraction of sp³-hybridized carbons (Fsp3) is 0.389. The van der Waals surface area contributed by atoms with Gasteiger partial charge >= 0.3 is 0 Å². The van der Waals surface area contributed by atoms with Crippen molar-refractivity contribution in [2.45, 2.75) is 25.7 Å². The topological polar surface area (TPSA) is 101 Å². The molecule has 4 rings (SSSR count). The average Bonchev–Trinajstić information content (AvgIpc) is 3.39. The molecule has 4 heterocycles. The number of hydrogen-bond acceptors (Lipinski definition) is 6. The molecule has 0 aliphatic carbocycles. The molecular weight excluding hydrogens is 332 g/mol. The maximum Gasteiger partial charge on any atom is 0.258 e. The third-order valence-electron chi connectivity index (χ3n) is 4.72. The number of aryl methyl sites for hydroxylation is 1. The van der Waals surface area contributed by atoms with Crippen LogP contribution in [0.25, 0.3) is 11.5 Å². The zero-order chi connectivity index (χ0) is 17.8. The van der Waals surface area contributed by atoms with Gasteiger partial charge in [-0.05, 0) is 37.3 Å². The van der Waals surface area contributed by atoms with E-state index in [2.05, 4.69) is 25.3 Å². The number of carbonyl (C=O) groups is 1. The van der Waals surface area contributed by atoms with Crippen LogP contribution in [0.2, 0.25) is 0 Å². The summed E-state index contributed by atoms with van der Waals surface area (Å²) in [5.41, 5.74) is 1.49. The van der Waals surface area contributed by atoms with Crippen LogP contribution in [-0.4, -0.2) is 49.2 Å². The summed E-state index contributed by atoms with van der Waals surface area (Å²) in [4.78, 5) is 22.8. The van der Waals surface area contributed by atoms with E-state index in [0.29, 0.717) is 23.2 Å². The lowest BCUT2D eigenvalue weighted by Crippen LogP contribution is -2.40. The van der Waals surface area contributed by atoms with Crippen LogP contribution in [0.15, 0.2) is 41.4 Å². The van der Waals surface area contributed by atoms with Crippen LogP contribution in [0.3, 0.4) is 0 Å². The first-order chi connectivity index (χ1) is 12.8. The van der Waals surface area contributed by atoms with Gasteiger partial charge in [-0.15, -0.1) is 0 Å². The summed E-state index contributed by atoms with van der Waals surface area (Å²) in [6.45, 7) is 1.56. The molecular formula is C18H20N6O2. The zero-order valence-corrected chi connectivity index (χ0v) is 14.3. The highest BCUT2D eigenvalue weighted by Crippen LogP contribution is 2.23. The van der Waals surface area contributed by atoms with Crippen molar-refractivity contribution in [3.63, 3.8) is 0 Å². The molecule has 26 heavy (non-hydrogen) atoms. The molecule has 1 N–H and O–H groups in total. The van der Waals surface area contributed by atoms with Crippen LogP contribution < -0.4 is 0 Å². The van der Waals surface area contributed by atoms with Crippen molar-refractivity contribution in [2.75, 3.05) is 13.1 Å². The Morgan fingerprint density at radius 1 is 1.35 bits per heavy atom. The van der Waals surface area contributed by atoms with Crippen LogP contribution in [0.1, 0.15) is 35.4 Å². The van der Waals surface area contributed by atoms with E-state index in [1.54, 1.807) is 24.8 Å². The first kappa shape index (κ1) is 16.4. The molecule has 1 atom stereocenters. The van der Waals surface area contributed by atoms with Gasteiger partial charge in [0.1, 0.15) is 0 Å². The lowest BCUT2D eigenvalue weighted by atomic mass is 9.93. The van der Waals surface area contributed by atoms with Gasteiger partial charge < -0.3 is 9.42 Å². The number of hydrogen-bond donors (Lipinski definition) is 1. The highest BCUT2D eigenvalue weighted by atomic mass is 16.5. The summed E-state index contributed by atoms with van der Waals surface area (Å²) < 4.78 is 5.34. The Labute approximate surface area is 150 Å². The van der Waals surface area contributed by atoms with E-state index < -0.39 is 0 Å². The number of aromatic nitrogens is 5. The van der Waals surface area contributed by atoms with Crippen molar-refractivity contribution in [1.29, 1.82) is 0 Å². The van der Waals surface area contributed by atoms with Crippen molar-refractivity contribution >= 4 is 5.91 Å². The van der Waals surface area contributed by atoms with E-state index in [4.69, 9.17) is 4.52 Å². The fourth-order valence-corrected chi connectivity index (χ4v) is 3.34. The van der Waals surface area contributed by atoms with Crippen LogP contribution in [-0.2, 0) is 6.42 Å².